The topological polar surface area (TPSA) is 251 Å². The fourth-order valence-corrected chi connectivity index (χ4v) is 0.329. The third kappa shape index (κ3) is 3100. The standard InChI is InChI=1S/C4H13N3.5C2H4O2.Sn.2H/c5-1-3-7-4-2-6;5*1-2(3)4;;;/h7H,1-6H2;5*1H3,(H,3,4);;;. The third-order valence-corrected chi connectivity index (χ3v) is 0.642. The third-order valence-electron chi connectivity index (χ3n) is 0.642. The average molecular weight is 524 g/mol. The Labute approximate surface area is 181 Å². The Morgan fingerprint density at radius 2 is 0.679 bits per heavy atom. The van der Waals surface area contributed by atoms with E-state index in [0.717, 1.165) is 47.7 Å². The molecule has 0 bridgehead atoms. The molecule has 0 aromatic rings. The molecule has 0 unspecified atom stereocenters. The Bertz CT molecular complexity index is 289. The number of aliphatic carboxylic acids is 5. The normalized spacial score (nSPS) is 6.82. The van der Waals surface area contributed by atoms with Crippen molar-refractivity contribution in [3.05, 3.63) is 0 Å². The molecule has 2 radical (unpaired) electrons. The van der Waals surface area contributed by atoms with Gasteiger partial charge in [-0.15, -0.1) is 0 Å². The Morgan fingerprint density at radius 3 is 0.750 bits per heavy atom. The van der Waals surface area contributed by atoms with E-state index in [4.69, 9.17) is 61.0 Å². The summed E-state index contributed by atoms with van der Waals surface area (Å²) in [6, 6.07) is 0. The van der Waals surface area contributed by atoms with E-state index in [1.165, 1.54) is 0 Å². The van der Waals surface area contributed by atoms with Gasteiger partial charge in [-0.3, -0.25) is 24.0 Å². The summed E-state index contributed by atoms with van der Waals surface area (Å²) in [5.41, 5.74) is 10.3. The number of hydrogen-bond acceptors (Lipinski definition) is 8. The Kier molecular flexibility index (Phi) is 71.5. The average Bonchev–Trinajstić information content (AvgIpc) is 2.35. The van der Waals surface area contributed by atoms with Crippen LogP contribution >= 0.6 is 0 Å². The zero-order valence-electron chi connectivity index (χ0n) is 17.0. The van der Waals surface area contributed by atoms with E-state index in [2.05, 4.69) is 5.32 Å². The van der Waals surface area contributed by atoms with Gasteiger partial charge in [0.1, 0.15) is 0 Å². The molecule has 0 fully saturated rings. The van der Waals surface area contributed by atoms with Crippen molar-refractivity contribution in [3.8, 4) is 0 Å². The van der Waals surface area contributed by atoms with E-state index in [1.54, 1.807) is 0 Å². The summed E-state index contributed by atoms with van der Waals surface area (Å²) in [6.45, 7) is 8.55. The molecule has 0 amide bonds. The van der Waals surface area contributed by atoms with Crippen molar-refractivity contribution >= 4 is 53.8 Å². The monoisotopic (exact) mass is 525 g/mol. The van der Waals surface area contributed by atoms with Gasteiger partial charge in [0.05, 0.1) is 0 Å². The van der Waals surface area contributed by atoms with Gasteiger partial charge in [-0.1, -0.05) is 0 Å². The summed E-state index contributed by atoms with van der Waals surface area (Å²) >= 11 is 0. The van der Waals surface area contributed by atoms with Crippen molar-refractivity contribution in [2.24, 2.45) is 11.5 Å². The molecule has 170 valence electrons. The number of nitrogens with one attached hydrogen (secondary N) is 1. The summed E-state index contributed by atoms with van der Waals surface area (Å²) in [6.07, 6.45) is 0. The van der Waals surface area contributed by atoms with Crippen molar-refractivity contribution in [1.82, 2.24) is 5.32 Å². The van der Waals surface area contributed by atoms with Crippen LogP contribution in [0.15, 0.2) is 0 Å². The molecule has 0 saturated heterocycles. The molecule has 10 N–H and O–H groups in total. The van der Waals surface area contributed by atoms with Gasteiger partial charge in [0.25, 0.3) is 29.8 Å². The van der Waals surface area contributed by atoms with Crippen LogP contribution in [0.4, 0.5) is 0 Å². The molecule has 0 aromatic carbocycles. The molecule has 0 saturated carbocycles. The fourth-order valence-electron chi connectivity index (χ4n) is 0.329. The molecule has 0 aliphatic rings. The number of nitrogens with two attached hydrogens (primary N) is 2. The minimum absolute atomic E-state index is 0. The van der Waals surface area contributed by atoms with E-state index >= 15 is 0 Å². The van der Waals surface area contributed by atoms with Crippen molar-refractivity contribution in [3.63, 3.8) is 0 Å². The van der Waals surface area contributed by atoms with Crippen LogP contribution in [0.3, 0.4) is 0 Å². The maximum atomic E-state index is 9.00. The maximum absolute atomic E-state index is 9.00. The zero-order valence-corrected chi connectivity index (χ0v) is 21.0. The molecule has 0 aliphatic carbocycles. The van der Waals surface area contributed by atoms with Gasteiger partial charge in [-0.2, -0.15) is 0 Å². The van der Waals surface area contributed by atoms with Gasteiger partial charge < -0.3 is 42.3 Å². The van der Waals surface area contributed by atoms with Crippen LogP contribution in [0.2, 0.25) is 0 Å². The summed E-state index contributed by atoms with van der Waals surface area (Å²) in [5, 5.41) is 40.1. The van der Waals surface area contributed by atoms with Crippen LogP contribution in [0.25, 0.3) is 0 Å². The van der Waals surface area contributed by atoms with Gasteiger partial charge in [0, 0.05) is 60.8 Å². The van der Waals surface area contributed by atoms with E-state index in [0.29, 0.717) is 13.1 Å². The molecule has 28 heavy (non-hydrogen) atoms. The first-order chi connectivity index (χ1) is 12.1. The molecule has 0 aliphatic heterocycles. The van der Waals surface area contributed by atoms with Crippen LogP contribution in [0.1, 0.15) is 34.6 Å². The molecule has 0 heterocycles. The van der Waals surface area contributed by atoms with Crippen molar-refractivity contribution in [1.29, 1.82) is 0 Å². The minimum atomic E-state index is -0.833. The van der Waals surface area contributed by atoms with E-state index < -0.39 is 29.8 Å². The van der Waals surface area contributed by atoms with Gasteiger partial charge in [-0.05, 0) is 0 Å². The van der Waals surface area contributed by atoms with Crippen molar-refractivity contribution in [2.75, 3.05) is 26.2 Å². The molecule has 0 rings (SSSR count). The van der Waals surface area contributed by atoms with E-state index in [1.807, 2.05) is 0 Å². The molecular weight excluding hydrogens is 489 g/mol. The zero-order chi connectivity index (χ0) is 23.4. The quantitative estimate of drug-likeness (QED) is 0.147. The molecule has 0 aromatic heterocycles. The SMILES string of the molecule is CC(=O)O.CC(=O)O.CC(=O)O.CC(=O)O.CC(=O)O.NCCNCCN.[SnH2]. The molecule has 13 nitrogen and oxygen atoms in total. The fraction of sp³-hybridized carbons (Fsp3) is 0.643. The van der Waals surface area contributed by atoms with Crippen LogP contribution in [0.5, 0.6) is 0 Å². The van der Waals surface area contributed by atoms with E-state index in [9.17, 15) is 0 Å². The number of carboxylic acids is 5. The number of rotatable bonds is 4. The Hall–Kier alpha value is -1.97. The molecule has 14 heteroatoms. The molecule has 0 atom stereocenters. The Morgan fingerprint density at radius 1 is 0.571 bits per heavy atom. The molecule has 0 spiro atoms. The molecular formula is C14H35N3O10Sn. The van der Waals surface area contributed by atoms with Crippen molar-refractivity contribution in [2.45, 2.75) is 34.6 Å². The second-order valence-corrected chi connectivity index (χ2v) is 3.92. The van der Waals surface area contributed by atoms with Crippen LogP contribution in [-0.2, 0) is 24.0 Å². The predicted octanol–water partition coefficient (Wildman–Crippen LogP) is -1.97. The van der Waals surface area contributed by atoms with Crippen LogP contribution in [0, 0.1) is 0 Å². The van der Waals surface area contributed by atoms with Crippen LogP contribution < -0.4 is 16.8 Å². The van der Waals surface area contributed by atoms with Gasteiger partial charge in [-0.25, -0.2) is 0 Å². The Balaban J connectivity index is -0.0000000382. The first-order valence-electron chi connectivity index (χ1n) is 7.16. The predicted molar refractivity (Wildman–Crippen MR) is 106 cm³/mol. The number of hydrogen-bond donors (Lipinski definition) is 8. The first-order valence-corrected chi connectivity index (χ1v) is 7.16. The van der Waals surface area contributed by atoms with Crippen LogP contribution in [-0.4, -0.2) is 105 Å². The second kappa shape index (κ2) is 44.5. The van der Waals surface area contributed by atoms with Gasteiger partial charge in [0.15, 0.2) is 0 Å². The number of carboxylic acid groups (broad SMARTS) is 5. The van der Waals surface area contributed by atoms with Crippen molar-refractivity contribution < 1.29 is 49.5 Å². The summed E-state index contributed by atoms with van der Waals surface area (Å²) in [5.74, 6) is -4.17. The summed E-state index contributed by atoms with van der Waals surface area (Å²) in [7, 11) is 0. The second-order valence-electron chi connectivity index (χ2n) is 3.92. The number of carbonyl (C=O) groups is 5. The summed E-state index contributed by atoms with van der Waals surface area (Å²) in [4.78, 5) is 45.0. The van der Waals surface area contributed by atoms with E-state index in [-0.39, 0.29) is 23.9 Å². The van der Waals surface area contributed by atoms with Gasteiger partial charge in [0.2, 0.25) is 0 Å². The van der Waals surface area contributed by atoms with Gasteiger partial charge >= 0.3 is 23.9 Å². The summed E-state index contributed by atoms with van der Waals surface area (Å²) < 4.78 is 0. The first kappa shape index (κ1) is 45.0.